The molecule has 2 heterocycles. The molecule has 41 heavy (non-hydrogen) atoms. The third-order valence-corrected chi connectivity index (χ3v) is 7.54. The zero-order valence-corrected chi connectivity index (χ0v) is 24.4. The molecule has 0 bridgehead atoms. The highest BCUT2D eigenvalue weighted by Crippen LogP contribution is 2.27. The van der Waals surface area contributed by atoms with Gasteiger partial charge in [-0.3, -0.25) is 14.6 Å². The molecule has 11 heteroatoms. The Hall–Kier alpha value is -4.40. The van der Waals surface area contributed by atoms with Gasteiger partial charge in [0.05, 0.1) is 33.9 Å². The summed E-state index contributed by atoms with van der Waals surface area (Å²) in [6.07, 6.45) is 2.86. The zero-order chi connectivity index (χ0) is 29.4. The number of hydrogen-bond donors (Lipinski definition) is 2. The van der Waals surface area contributed by atoms with Gasteiger partial charge in [0.25, 0.3) is 11.5 Å². The number of nitrogens with one attached hydrogen (secondary N) is 2. The van der Waals surface area contributed by atoms with Gasteiger partial charge < -0.3 is 24.0 Å². The minimum Gasteiger partial charge on any atom is -0.497 e. The van der Waals surface area contributed by atoms with Crippen LogP contribution in [0.1, 0.15) is 34.5 Å². The van der Waals surface area contributed by atoms with Crippen LogP contribution in [-0.2, 0) is 9.53 Å². The lowest BCUT2D eigenvalue weighted by Crippen LogP contribution is -2.38. The van der Waals surface area contributed by atoms with E-state index in [4.69, 9.17) is 9.47 Å². The van der Waals surface area contributed by atoms with E-state index < -0.39 is 17.5 Å². The van der Waals surface area contributed by atoms with Crippen molar-refractivity contribution in [2.45, 2.75) is 13.0 Å². The number of amides is 1. The molecule has 0 radical (unpaired) electrons. The highest BCUT2D eigenvalue weighted by Gasteiger charge is 2.24. The second-order valence-corrected chi connectivity index (χ2v) is 11.8. The van der Waals surface area contributed by atoms with Gasteiger partial charge in [-0.2, -0.15) is 0 Å². The summed E-state index contributed by atoms with van der Waals surface area (Å²) in [5.74, 6) is 0.161. The van der Waals surface area contributed by atoms with Gasteiger partial charge in [0.2, 0.25) is 0 Å². The number of esters is 1. The lowest BCUT2D eigenvalue weighted by molar-refractivity contribution is -0.749. The molecule has 4 rings (SSSR count). The van der Waals surface area contributed by atoms with Crippen LogP contribution in [0, 0.1) is 0 Å². The van der Waals surface area contributed by atoms with E-state index in [9.17, 15) is 14.4 Å². The molecule has 212 valence electrons. The molecule has 0 fully saturated rings. The van der Waals surface area contributed by atoms with E-state index in [0.29, 0.717) is 31.0 Å². The number of nitrogens with zero attached hydrogens (tertiary/aromatic N) is 3. The van der Waals surface area contributed by atoms with E-state index >= 15 is 0 Å². The highest BCUT2D eigenvalue weighted by molar-refractivity contribution is 7.41. The number of methoxy groups -OCH3 is 1. The number of carbonyl (C=O) groups excluding carboxylic acids is 2. The fraction of sp³-hybridized carbons (Fsp3) is 0.233. The first kappa shape index (κ1) is 29.6. The molecule has 2 aromatic heterocycles. The molecule has 4 aromatic rings. The van der Waals surface area contributed by atoms with Gasteiger partial charge in [-0.05, 0) is 54.4 Å². The zero-order valence-electron chi connectivity index (χ0n) is 23.4. The number of benzene rings is 2. The topological polar surface area (TPSA) is 123 Å². The maximum atomic E-state index is 13.3. The van der Waals surface area contributed by atoms with E-state index in [1.54, 1.807) is 38.4 Å². The molecule has 0 saturated heterocycles. The number of hydrogen-bond acceptors (Lipinski definition) is 7. The number of aromatic nitrogens is 3. The molecule has 1 amide bonds. The average molecular weight is 575 g/mol. The molecule has 0 saturated carbocycles. The highest BCUT2D eigenvalue weighted by atomic mass is 31.1. The third kappa shape index (κ3) is 7.84. The summed E-state index contributed by atoms with van der Waals surface area (Å²) in [5.41, 5.74) is 1.45. The van der Waals surface area contributed by atoms with Crippen LogP contribution in [0.2, 0.25) is 0 Å². The van der Waals surface area contributed by atoms with Crippen molar-refractivity contribution < 1.29 is 23.3 Å². The van der Waals surface area contributed by atoms with Crippen LogP contribution in [0.3, 0.4) is 0 Å². The molecule has 2 atom stereocenters. The van der Waals surface area contributed by atoms with Gasteiger partial charge in [-0.25, -0.2) is 9.78 Å². The van der Waals surface area contributed by atoms with E-state index in [1.165, 1.54) is 6.20 Å². The molecule has 2 aromatic carbocycles. The Bertz CT molecular complexity index is 1540. The van der Waals surface area contributed by atoms with Gasteiger partial charge in [0, 0.05) is 17.7 Å². The van der Waals surface area contributed by atoms with Gasteiger partial charge in [-0.15, -0.1) is 0 Å². The van der Waals surface area contributed by atoms with Crippen LogP contribution in [0.4, 0.5) is 0 Å². The monoisotopic (exact) mass is 574 g/mol. The number of aromatic amines is 1. The largest absolute Gasteiger partial charge is 0.497 e. The van der Waals surface area contributed by atoms with E-state index in [1.807, 2.05) is 62.6 Å². The minimum absolute atomic E-state index is 0.112. The molecular weight excluding hydrogens is 541 g/mol. The second-order valence-electron chi connectivity index (χ2n) is 9.75. The van der Waals surface area contributed by atoms with Crippen molar-refractivity contribution in [3.8, 4) is 17.3 Å². The summed E-state index contributed by atoms with van der Waals surface area (Å²) in [7, 11) is 5.86. The fourth-order valence-electron chi connectivity index (χ4n) is 4.22. The van der Waals surface area contributed by atoms with Crippen molar-refractivity contribution in [2.75, 3.05) is 34.4 Å². The number of pyridine rings is 1. The maximum absolute atomic E-state index is 13.3. The number of H-pyrrole nitrogens is 1. The predicted octanol–water partition coefficient (Wildman–Crippen LogP) is 3.22. The van der Waals surface area contributed by atoms with Crippen LogP contribution in [0.25, 0.3) is 11.5 Å². The number of quaternary nitrogens is 1. The van der Waals surface area contributed by atoms with Crippen molar-refractivity contribution in [3.63, 3.8) is 0 Å². The Morgan fingerprint density at radius 3 is 2.27 bits per heavy atom. The van der Waals surface area contributed by atoms with E-state index in [0.717, 1.165) is 16.4 Å². The normalized spacial score (nSPS) is 12.2. The third-order valence-electron chi connectivity index (χ3n) is 6.18. The molecule has 0 aliphatic carbocycles. The van der Waals surface area contributed by atoms with Crippen molar-refractivity contribution in [3.05, 3.63) is 106 Å². The lowest BCUT2D eigenvalue weighted by atomic mass is 9.98. The lowest BCUT2D eigenvalue weighted by Gasteiger charge is -2.28. The van der Waals surface area contributed by atoms with Gasteiger partial charge in [-0.1, -0.05) is 30.3 Å². The summed E-state index contributed by atoms with van der Waals surface area (Å²) < 4.78 is 10.9. The standard InChI is InChI=1S/C30H32N5O5P/c1-5-40-26(36)19-35(2,3)41-23-15-11-21(12-16-23)27(20-9-13-22(39-4)14-10-20)33-29(37)24-18-32-28(34-30(24)38)25-8-6-7-17-31-25/h6-18,27,41H,5,19H2,1-4H3,(H-,32,33,34,37,38)/p+1. The van der Waals surface area contributed by atoms with Crippen molar-refractivity contribution in [1.29, 1.82) is 0 Å². The molecule has 2 N–H and O–H groups in total. The van der Waals surface area contributed by atoms with Crippen LogP contribution in [0.5, 0.6) is 5.75 Å². The van der Waals surface area contributed by atoms with Crippen LogP contribution in [-0.4, -0.2) is 65.4 Å². The van der Waals surface area contributed by atoms with E-state index in [-0.39, 0.29) is 23.9 Å². The molecular formula is C30H33N5O5P+. The van der Waals surface area contributed by atoms with Gasteiger partial charge in [0.1, 0.15) is 25.7 Å². The quantitative estimate of drug-likeness (QED) is 0.208. The van der Waals surface area contributed by atoms with Crippen LogP contribution >= 0.6 is 8.73 Å². The molecule has 0 spiro atoms. The Morgan fingerprint density at radius 2 is 1.68 bits per heavy atom. The van der Waals surface area contributed by atoms with Crippen LogP contribution in [0.15, 0.2) is 83.9 Å². The first-order chi connectivity index (χ1) is 19.7. The van der Waals surface area contributed by atoms with Crippen LogP contribution < -0.4 is 20.9 Å². The Labute approximate surface area is 240 Å². The first-order valence-corrected chi connectivity index (χ1v) is 14.0. The summed E-state index contributed by atoms with van der Waals surface area (Å²) in [6, 6.07) is 19.9. The minimum atomic E-state index is -0.565. The smallest absolute Gasteiger partial charge is 0.361 e. The SMILES string of the molecule is CCOC(=O)C[N+](C)(C)Pc1ccc(C(NC(=O)c2cnc(-c3ccccn3)[nH]c2=O)c2ccc(OC)cc2)cc1. The molecule has 0 aliphatic rings. The maximum Gasteiger partial charge on any atom is 0.361 e. The van der Waals surface area contributed by atoms with Gasteiger partial charge in [0.15, 0.2) is 12.4 Å². The molecule has 2 unspecified atom stereocenters. The first-order valence-electron chi connectivity index (χ1n) is 13.0. The van der Waals surface area contributed by atoms with E-state index in [2.05, 4.69) is 20.3 Å². The Balaban J connectivity index is 1.58. The van der Waals surface area contributed by atoms with Crippen molar-refractivity contribution in [1.82, 2.24) is 20.3 Å². The number of carbonyl (C=O) groups is 2. The number of ether oxygens (including phenoxy) is 2. The second kappa shape index (κ2) is 13.3. The summed E-state index contributed by atoms with van der Waals surface area (Å²) in [4.78, 5) is 49.3. The average Bonchev–Trinajstić information content (AvgIpc) is 2.96. The van der Waals surface area contributed by atoms with Crippen molar-refractivity contribution >= 4 is 25.9 Å². The number of rotatable bonds is 11. The predicted molar refractivity (Wildman–Crippen MR) is 158 cm³/mol. The van der Waals surface area contributed by atoms with Gasteiger partial charge >= 0.3 is 5.97 Å². The number of likely N-dealkylation sites (N-methyl/N-ethyl adjacent to an activating group) is 1. The van der Waals surface area contributed by atoms with Crippen molar-refractivity contribution in [2.24, 2.45) is 0 Å². The fourth-order valence-corrected chi connectivity index (χ4v) is 5.45. The molecule has 10 nitrogen and oxygen atoms in total. The Kier molecular flexibility index (Phi) is 9.60. The molecule has 0 aliphatic heterocycles. The summed E-state index contributed by atoms with van der Waals surface area (Å²) in [6.45, 7) is 2.41. The summed E-state index contributed by atoms with van der Waals surface area (Å²) in [5, 5.41) is 4.04. The summed E-state index contributed by atoms with van der Waals surface area (Å²) >= 11 is 0. The Morgan fingerprint density at radius 1 is 1.00 bits per heavy atom.